The number of hydrogen-bond donors (Lipinski definition) is 3. The third kappa shape index (κ3) is 3.81. The molecule has 156 valence electrons. The van der Waals surface area contributed by atoms with E-state index in [1.165, 1.54) is 6.39 Å². The van der Waals surface area contributed by atoms with E-state index in [0.717, 1.165) is 12.0 Å². The van der Waals surface area contributed by atoms with Gasteiger partial charge in [0.25, 0.3) is 0 Å². The van der Waals surface area contributed by atoms with Crippen molar-refractivity contribution in [3.05, 3.63) is 30.8 Å². The molecule has 0 aliphatic carbocycles. The summed E-state index contributed by atoms with van der Waals surface area (Å²) < 4.78 is 10.8. The van der Waals surface area contributed by atoms with Crippen molar-refractivity contribution < 1.29 is 13.9 Å². The number of rotatable bonds is 7. The quantitative estimate of drug-likeness (QED) is 0.527. The lowest BCUT2D eigenvalue weighted by Gasteiger charge is -2.22. The van der Waals surface area contributed by atoms with E-state index in [-0.39, 0.29) is 5.91 Å². The Bertz CT molecular complexity index is 1040. The number of primary amides is 1. The zero-order valence-corrected chi connectivity index (χ0v) is 16.6. The molecule has 11 nitrogen and oxygen atoms in total. The van der Waals surface area contributed by atoms with Crippen molar-refractivity contribution in [3.63, 3.8) is 0 Å². The molecule has 1 aromatic carbocycles. The minimum absolute atomic E-state index is 0.328. The van der Waals surface area contributed by atoms with Gasteiger partial charge in [-0.05, 0) is 25.0 Å². The average molecular weight is 410 g/mol. The zero-order valence-electron chi connectivity index (χ0n) is 16.6. The SMILES string of the molecule is CNc1nc(Nc2ccc(-c3cnco3)c(OC)c2)nc(N2CCC[C@H]2C(N)=O)n1. The van der Waals surface area contributed by atoms with E-state index in [0.29, 0.717) is 48.0 Å². The van der Waals surface area contributed by atoms with Crippen molar-refractivity contribution in [1.82, 2.24) is 19.9 Å². The first-order chi connectivity index (χ1) is 14.6. The Morgan fingerprint density at radius 3 is 2.83 bits per heavy atom. The van der Waals surface area contributed by atoms with Gasteiger partial charge in [-0.15, -0.1) is 0 Å². The number of oxazole rings is 1. The van der Waals surface area contributed by atoms with Gasteiger partial charge in [-0.2, -0.15) is 15.0 Å². The van der Waals surface area contributed by atoms with Crippen LogP contribution in [0.2, 0.25) is 0 Å². The highest BCUT2D eigenvalue weighted by Crippen LogP contribution is 2.33. The molecule has 2 aromatic heterocycles. The molecule has 11 heteroatoms. The summed E-state index contributed by atoms with van der Waals surface area (Å²) in [5.74, 6) is 1.92. The molecule has 3 aromatic rings. The van der Waals surface area contributed by atoms with Gasteiger partial charge >= 0.3 is 0 Å². The van der Waals surface area contributed by atoms with E-state index in [1.54, 1.807) is 20.4 Å². The Hall–Kier alpha value is -3.89. The minimum atomic E-state index is -0.425. The molecule has 0 spiro atoms. The van der Waals surface area contributed by atoms with Crippen LogP contribution in [0.5, 0.6) is 5.75 Å². The van der Waals surface area contributed by atoms with Gasteiger partial charge in [-0.25, -0.2) is 4.98 Å². The number of carbonyl (C=O) groups excluding carboxylic acids is 1. The van der Waals surface area contributed by atoms with Crippen LogP contribution in [0.15, 0.2) is 35.2 Å². The van der Waals surface area contributed by atoms with Crippen molar-refractivity contribution in [2.45, 2.75) is 18.9 Å². The first-order valence-corrected chi connectivity index (χ1v) is 9.42. The molecule has 4 N–H and O–H groups in total. The van der Waals surface area contributed by atoms with Crippen LogP contribution in [0.3, 0.4) is 0 Å². The van der Waals surface area contributed by atoms with Gasteiger partial charge in [-0.3, -0.25) is 4.79 Å². The summed E-state index contributed by atoms with van der Waals surface area (Å²) in [5.41, 5.74) is 7.02. The smallest absolute Gasteiger partial charge is 0.240 e. The van der Waals surface area contributed by atoms with Crippen molar-refractivity contribution in [1.29, 1.82) is 0 Å². The van der Waals surface area contributed by atoms with Gasteiger partial charge in [0.1, 0.15) is 11.8 Å². The molecule has 1 fully saturated rings. The van der Waals surface area contributed by atoms with E-state index >= 15 is 0 Å². The van der Waals surface area contributed by atoms with E-state index < -0.39 is 6.04 Å². The Balaban J connectivity index is 1.64. The van der Waals surface area contributed by atoms with E-state index in [2.05, 4.69) is 30.6 Å². The van der Waals surface area contributed by atoms with Gasteiger partial charge in [0.05, 0.1) is 18.9 Å². The van der Waals surface area contributed by atoms with Crippen LogP contribution in [0.1, 0.15) is 12.8 Å². The molecular formula is C19H22N8O3. The van der Waals surface area contributed by atoms with Gasteiger partial charge < -0.3 is 30.4 Å². The van der Waals surface area contributed by atoms with Crippen molar-refractivity contribution >= 4 is 29.4 Å². The second-order valence-electron chi connectivity index (χ2n) is 6.69. The molecule has 1 saturated heterocycles. The van der Waals surface area contributed by atoms with Crippen LogP contribution < -0.4 is 26.0 Å². The van der Waals surface area contributed by atoms with Crippen LogP contribution in [0.25, 0.3) is 11.3 Å². The Morgan fingerprint density at radius 1 is 1.30 bits per heavy atom. The maximum Gasteiger partial charge on any atom is 0.240 e. The van der Waals surface area contributed by atoms with E-state index in [1.807, 2.05) is 23.1 Å². The summed E-state index contributed by atoms with van der Waals surface area (Å²) in [6, 6.07) is 5.09. The monoisotopic (exact) mass is 410 g/mol. The normalized spacial score (nSPS) is 15.8. The van der Waals surface area contributed by atoms with Gasteiger partial charge in [0, 0.05) is 25.3 Å². The number of benzene rings is 1. The van der Waals surface area contributed by atoms with Crippen molar-refractivity contribution in [2.75, 3.05) is 36.2 Å². The fourth-order valence-corrected chi connectivity index (χ4v) is 3.41. The average Bonchev–Trinajstić information content (AvgIpc) is 3.45. The highest BCUT2D eigenvalue weighted by Gasteiger charge is 2.31. The number of hydrogen-bond acceptors (Lipinski definition) is 10. The lowest BCUT2D eigenvalue weighted by Crippen LogP contribution is -2.41. The summed E-state index contributed by atoms with van der Waals surface area (Å²) in [4.78, 5) is 30.8. The number of nitrogens with one attached hydrogen (secondary N) is 2. The number of anilines is 4. The molecule has 4 rings (SSSR count). The molecule has 0 radical (unpaired) electrons. The second kappa shape index (κ2) is 8.23. The fraction of sp³-hybridized carbons (Fsp3) is 0.316. The number of carbonyl (C=O) groups is 1. The molecule has 0 saturated carbocycles. The zero-order chi connectivity index (χ0) is 21.1. The molecule has 30 heavy (non-hydrogen) atoms. The molecule has 1 amide bonds. The van der Waals surface area contributed by atoms with Gasteiger partial charge in [-0.1, -0.05) is 0 Å². The maximum absolute atomic E-state index is 11.8. The molecule has 3 heterocycles. The van der Waals surface area contributed by atoms with Crippen molar-refractivity contribution in [2.24, 2.45) is 5.73 Å². The number of nitrogens with zero attached hydrogens (tertiary/aromatic N) is 5. The topological polar surface area (TPSA) is 144 Å². The first kappa shape index (κ1) is 19.4. The minimum Gasteiger partial charge on any atom is -0.496 e. The maximum atomic E-state index is 11.8. The largest absolute Gasteiger partial charge is 0.496 e. The summed E-state index contributed by atoms with van der Waals surface area (Å²) in [6.07, 6.45) is 4.51. The van der Waals surface area contributed by atoms with Crippen LogP contribution in [0, 0.1) is 0 Å². The van der Waals surface area contributed by atoms with E-state index in [9.17, 15) is 4.79 Å². The van der Waals surface area contributed by atoms with E-state index in [4.69, 9.17) is 14.9 Å². The van der Waals surface area contributed by atoms with Crippen LogP contribution in [-0.2, 0) is 4.79 Å². The molecule has 1 atom stereocenters. The number of ether oxygens (including phenoxy) is 1. The number of nitrogens with two attached hydrogens (primary N) is 1. The van der Waals surface area contributed by atoms with Crippen LogP contribution in [0.4, 0.5) is 23.5 Å². The van der Waals surface area contributed by atoms with Crippen LogP contribution >= 0.6 is 0 Å². The predicted molar refractivity (Wildman–Crippen MR) is 111 cm³/mol. The highest BCUT2D eigenvalue weighted by atomic mass is 16.5. The third-order valence-corrected chi connectivity index (χ3v) is 4.84. The molecule has 0 bridgehead atoms. The molecule has 0 unspecified atom stereocenters. The summed E-state index contributed by atoms with van der Waals surface area (Å²) in [7, 11) is 3.30. The Labute approximate surface area is 172 Å². The number of methoxy groups -OCH3 is 1. The second-order valence-corrected chi connectivity index (χ2v) is 6.69. The first-order valence-electron chi connectivity index (χ1n) is 9.42. The number of aromatic nitrogens is 4. The highest BCUT2D eigenvalue weighted by molar-refractivity contribution is 5.83. The molecule has 1 aliphatic rings. The van der Waals surface area contributed by atoms with Gasteiger partial charge in [0.2, 0.25) is 23.8 Å². The summed E-state index contributed by atoms with van der Waals surface area (Å²) >= 11 is 0. The molecular weight excluding hydrogens is 388 g/mol. The van der Waals surface area contributed by atoms with Crippen LogP contribution in [-0.4, -0.2) is 52.6 Å². The summed E-state index contributed by atoms with van der Waals surface area (Å²) in [5, 5.41) is 6.08. The predicted octanol–water partition coefficient (Wildman–Crippen LogP) is 1.77. The third-order valence-electron chi connectivity index (χ3n) is 4.84. The van der Waals surface area contributed by atoms with Crippen molar-refractivity contribution in [3.8, 4) is 17.1 Å². The standard InChI is InChI=1S/C19H22N8O3/c1-21-17-24-18(26-19(25-17)27-7-3-4-13(27)16(20)28)23-11-5-6-12(14(8-11)29-2)15-9-22-10-30-15/h5-6,8-10,13H,3-4,7H2,1-2H3,(H2,20,28)(H2,21,23,24,25,26)/t13-/m0/s1. The number of amides is 1. The summed E-state index contributed by atoms with van der Waals surface area (Å²) in [6.45, 7) is 0.653. The molecule has 1 aliphatic heterocycles. The Morgan fingerprint density at radius 2 is 2.13 bits per heavy atom. The lowest BCUT2D eigenvalue weighted by molar-refractivity contribution is -0.119. The lowest BCUT2D eigenvalue weighted by atomic mass is 10.1. The van der Waals surface area contributed by atoms with Gasteiger partial charge in [0.15, 0.2) is 12.2 Å². The Kier molecular flexibility index (Phi) is 5.33. The fourth-order valence-electron chi connectivity index (χ4n) is 3.41.